The van der Waals surface area contributed by atoms with Gasteiger partial charge >= 0.3 is 0 Å². The number of ether oxygens (including phenoxy) is 1. The molecule has 2 rings (SSSR count). The normalized spacial score (nSPS) is 30.0. The number of rotatable bonds is 10. The number of carbonyl (C=O) groups is 1. The van der Waals surface area contributed by atoms with Crippen LogP contribution < -0.4 is 5.32 Å². The lowest BCUT2D eigenvalue weighted by atomic mass is 9.70. The van der Waals surface area contributed by atoms with Crippen LogP contribution >= 0.6 is 0 Å². The van der Waals surface area contributed by atoms with Crippen LogP contribution in [0.1, 0.15) is 84.0 Å². The van der Waals surface area contributed by atoms with E-state index in [2.05, 4.69) is 18.8 Å². The number of carbonyl (C=O) groups excluding carboxylic acids is 1. The molecule has 2 aliphatic rings. The number of unbranched alkanes of at least 4 members (excludes halogenated alkanes) is 2. The van der Waals surface area contributed by atoms with E-state index in [1.165, 1.54) is 83.1 Å². The summed E-state index contributed by atoms with van der Waals surface area (Å²) >= 11 is 0. The van der Waals surface area contributed by atoms with Crippen LogP contribution in [0.15, 0.2) is 12.7 Å². The van der Waals surface area contributed by atoms with E-state index in [-0.39, 0.29) is 5.91 Å². The van der Waals surface area contributed by atoms with Gasteiger partial charge in [0.05, 0.1) is 12.7 Å². The van der Waals surface area contributed by atoms with E-state index in [1.807, 2.05) is 0 Å². The molecule has 0 saturated heterocycles. The van der Waals surface area contributed by atoms with Crippen LogP contribution in [-0.2, 0) is 9.53 Å². The third-order valence-electron chi connectivity index (χ3n) is 6.43. The van der Waals surface area contributed by atoms with E-state index in [0.29, 0.717) is 19.3 Å². The molecule has 2 fully saturated rings. The summed E-state index contributed by atoms with van der Waals surface area (Å²) in [5.41, 5.74) is 0. The van der Waals surface area contributed by atoms with E-state index in [9.17, 15) is 4.79 Å². The predicted molar refractivity (Wildman–Crippen MR) is 104 cm³/mol. The van der Waals surface area contributed by atoms with E-state index in [0.717, 1.165) is 17.8 Å². The zero-order valence-corrected chi connectivity index (χ0v) is 16.3. The fourth-order valence-corrected chi connectivity index (χ4v) is 4.83. The maximum absolute atomic E-state index is 11.1. The minimum Gasteiger partial charge on any atom is -0.376 e. The van der Waals surface area contributed by atoms with Crippen molar-refractivity contribution in [3.8, 4) is 0 Å². The molecule has 0 aromatic heterocycles. The lowest BCUT2D eigenvalue weighted by Gasteiger charge is -2.38. The van der Waals surface area contributed by atoms with Crippen molar-refractivity contribution in [2.75, 3.05) is 13.2 Å². The minimum atomic E-state index is -0.113. The molecule has 0 aromatic carbocycles. The number of hydrogen-bond acceptors (Lipinski definition) is 2. The fraction of sp³-hybridized carbons (Fsp3) is 0.864. The molecule has 3 nitrogen and oxygen atoms in total. The third kappa shape index (κ3) is 7.52. The second kappa shape index (κ2) is 11.7. The van der Waals surface area contributed by atoms with Crippen LogP contribution in [0.4, 0.5) is 0 Å². The summed E-state index contributed by atoms with van der Waals surface area (Å²) in [6.07, 6.45) is 18.4. The lowest BCUT2D eigenvalue weighted by Crippen LogP contribution is -2.31. The summed E-state index contributed by atoms with van der Waals surface area (Å²) in [5, 5.41) is 2.77. The topological polar surface area (TPSA) is 38.3 Å². The Balaban J connectivity index is 1.55. The van der Waals surface area contributed by atoms with Gasteiger partial charge in [0, 0.05) is 6.54 Å². The standard InChI is InChI=1S/C22H39NO2/c1-3-5-6-7-18-8-10-19(11-9-18)20-12-14-21(15-13-20)25-17-16-23-22(24)4-2/h4,18-21H,2-3,5-17H2,1H3,(H,23,24). The van der Waals surface area contributed by atoms with Crippen molar-refractivity contribution in [2.24, 2.45) is 17.8 Å². The van der Waals surface area contributed by atoms with Crippen molar-refractivity contribution >= 4 is 5.91 Å². The van der Waals surface area contributed by atoms with Gasteiger partial charge in [-0.2, -0.15) is 0 Å². The second-order valence-corrected chi connectivity index (χ2v) is 8.18. The van der Waals surface area contributed by atoms with E-state index >= 15 is 0 Å². The smallest absolute Gasteiger partial charge is 0.243 e. The Morgan fingerprint density at radius 2 is 1.68 bits per heavy atom. The van der Waals surface area contributed by atoms with Gasteiger partial charge in [0.25, 0.3) is 0 Å². The molecule has 1 N–H and O–H groups in total. The molecule has 0 spiro atoms. The average Bonchev–Trinajstić information content (AvgIpc) is 2.66. The summed E-state index contributed by atoms with van der Waals surface area (Å²) in [6, 6.07) is 0. The van der Waals surface area contributed by atoms with Crippen LogP contribution in [-0.4, -0.2) is 25.2 Å². The highest BCUT2D eigenvalue weighted by atomic mass is 16.5. The fourth-order valence-electron chi connectivity index (χ4n) is 4.83. The molecule has 0 radical (unpaired) electrons. The quantitative estimate of drug-likeness (QED) is 0.432. The Bertz CT molecular complexity index is 379. The van der Waals surface area contributed by atoms with E-state index in [4.69, 9.17) is 4.74 Å². The molecule has 0 heterocycles. The Hall–Kier alpha value is -0.830. The van der Waals surface area contributed by atoms with Crippen LogP contribution in [0.25, 0.3) is 0 Å². The van der Waals surface area contributed by atoms with E-state index < -0.39 is 0 Å². The SMILES string of the molecule is C=CC(=O)NCCOC1CCC(C2CCC(CCCCC)CC2)CC1. The monoisotopic (exact) mass is 349 g/mol. The number of hydrogen-bond donors (Lipinski definition) is 1. The van der Waals surface area contributed by atoms with Crippen molar-refractivity contribution in [1.82, 2.24) is 5.32 Å². The summed E-state index contributed by atoms with van der Waals surface area (Å²) in [5.74, 6) is 2.83. The third-order valence-corrected chi connectivity index (χ3v) is 6.43. The van der Waals surface area contributed by atoms with Gasteiger partial charge in [0.1, 0.15) is 0 Å². The lowest BCUT2D eigenvalue weighted by molar-refractivity contribution is -0.116. The molecule has 2 aliphatic carbocycles. The van der Waals surface area contributed by atoms with Crippen LogP contribution in [0.2, 0.25) is 0 Å². The molecule has 144 valence electrons. The number of amides is 1. The van der Waals surface area contributed by atoms with Gasteiger partial charge in [-0.25, -0.2) is 0 Å². The highest BCUT2D eigenvalue weighted by Gasteiger charge is 2.30. The first kappa shape index (κ1) is 20.5. The molecule has 0 aromatic rings. The molecule has 2 saturated carbocycles. The van der Waals surface area contributed by atoms with Gasteiger partial charge in [0.2, 0.25) is 5.91 Å². The molecule has 3 heteroatoms. The summed E-state index contributed by atoms with van der Waals surface area (Å²) in [7, 11) is 0. The Morgan fingerprint density at radius 3 is 2.28 bits per heavy atom. The van der Waals surface area contributed by atoms with Gasteiger partial charge < -0.3 is 10.1 Å². The molecule has 25 heavy (non-hydrogen) atoms. The Kier molecular flexibility index (Phi) is 9.60. The molecule has 1 amide bonds. The van der Waals surface area contributed by atoms with Gasteiger partial charge in [-0.05, 0) is 62.4 Å². The predicted octanol–water partition coefficient (Wildman–Crippen LogP) is 5.25. The van der Waals surface area contributed by atoms with Gasteiger partial charge in [-0.3, -0.25) is 4.79 Å². The maximum Gasteiger partial charge on any atom is 0.243 e. The van der Waals surface area contributed by atoms with Crippen molar-refractivity contribution in [1.29, 1.82) is 0 Å². The summed E-state index contributed by atoms with van der Waals surface area (Å²) < 4.78 is 5.94. The van der Waals surface area contributed by atoms with Crippen molar-refractivity contribution in [3.05, 3.63) is 12.7 Å². The molecule has 0 atom stereocenters. The zero-order valence-electron chi connectivity index (χ0n) is 16.3. The van der Waals surface area contributed by atoms with Crippen LogP contribution in [0.5, 0.6) is 0 Å². The zero-order chi connectivity index (χ0) is 17.9. The Morgan fingerprint density at radius 1 is 1.04 bits per heavy atom. The van der Waals surface area contributed by atoms with E-state index in [1.54, 1.807) is 0 Å². The first-order valence-electron chi connectivity index (χ1n) is 10.7. The van der Waals surface area contributed by atoms with Gasteiger partial charge in [-0.1, -0.05) is 52.0 Å². The first-order valence-corrected chi connectivity index (χ1v) is 10.7. The first-order chi connectivity index (χ1) is 12.2. The van der Waals surface area contributed by atoms with Crippen molar-refractivity contribution in [3.63, 3.8) is 0 Å². The van der Waals surface area contributed by atoms with Crippen molar-refractivity contribution in [2.45, 2.75) is 90.1 Å². The van der Waals surface area contributed by atoms with Crippen LogP contribution in [0.3, 0.4) is 0 Å². The highest BCUT2D eigenvalue weighted by Crippen LogP contribution is 2.41. The molecular weight excluding hydrogens is 310 g/mol. The summed E-state index contributed by atoms with van der Waals surface area (Å²) in [6.45, 7) is 6.96. The largest absolute Gasteiger partial charge is 0.376 e. The molecule has 0 aliphatic heterocycles. The Labute approximate surface area is 155 Å². The molecular formula is C22H39NO2. The minimum absolute atomic E-state index is 0.113. The van der Waals surface area contributed by atoms with Gasteiger partial charge in [0.15, 0.2) is 0 Å². The second-order valence-electron chi connectivity index (χ2n) is 8.18. The maximum atomic E-state index is 11.1. The van der Waals surface area contributed by atoms with Crippen molar-refractivity contribution < 1.29 is 9.53 Å². The van der Waals surface area contributed by atoms with Crippen LogP contribution in [0, 0.1) is 17.8 Å². The highest BCUT2D eigenvalue weighted by molar-refractivity contribution is 5.86. The number of nitrogens with one attached hydrogen (secondary N) is 1. The summed E-state index contributed by atoms with van der Waals surface area (Å²) in [4.78, 5) is 11.1. The molecule has 0 unspecified atom stereocenters. The molecule has 0 bridgehead atoms. The average molecular weight is 350 g/mol. The van der Waals surface area contributed by atoms with Gasteiger partial charge in [-0.15, -0.1) is 0 Å².